The molecule has 34 heavy (non-hydrogen) atoms. The summed E-state index contributed by atoms with van der Waals surface area (Å²) >= 11 is 1.59. The molecule has 3 aromatic carbocycles. The van der Waals surface area contributed by atoms with Gasteiger partial charge < -0.3 is 11.1 Å². The molecule has 4 rings (SSSR count). The summed E-state index contributed by atoms with van der Waals surface area (Å²) in [7, 11) is -3.61. The van der Waals surface area contributed by atoms with E-state index < -0.39 is 10.0 Å². The Labute approximate surface area is 202 Å². The van der Waals surface area contributed by atoms with Gasteiger partial charge in [-0.3, -0.25) is 10.2 Å². The second-order valence-electron chi connectivity index (χ2n) is 8.10. The molecular weight excluding hydrogens is 468 g/mol. The van der Waals surface area contributed by atoms with Gasteiger partial charge in [0, 0.05) is 32.4 Å². The fourth-order valence-electron chi connectivity index (χ4n) is 3.56. The predicted octanol–water partition coefficient (Wildman–Crippen LogP) is 3.27. The maximum Gasteiger partial charge on any atom is 0.255 e. The van der Waals surface area contributed by atoms with Crippen LogP contribution in [0.2, 0.25) is 0 Å². The van der Waals surface area contributed by atoms with Crippen molar-refractivity contribution in [3.63, 3.8) is 0 Å². The molecule has 4 aromatic rings. The van der Waals surface area contributed by atoms with Crippen molar-refractivity contribution in [3.05, 3.63) is 77.9 Å². The third-order valence-corrected chi connectivity index (χ3v) is 7.98. The van der Waals surface area contributed by atoms with Gasteiger partial charge in [-0.1, -0.05) is 18.2 Å². The number of sulfonamides is 1. The SMILES string of the molecule is CC(C)NS(=O)(=O)c1ccc(NC(=O)c2cc(C=[NH2+])c(N)c(-c3cc4ccccc4s3)c2)cc1. The molecule has 1 aromatic heterocycles. The van der Waals surface area contributed by atoms with Crippen molar-refractivity contribution in [2.45, 2.75) is 24.8 Å². The van der Waals surface area contributed by atoms with E-state index in [-0.39, 0.29) is 16.8 Å². The van der Waals surface area contributed by atoms with Crippen LogP contribution in [0.15, 0.2) is 71.6 Å². The normalized spacial score (nSPS) is 11.6. The van der Waals surface area contributed by atoms with Gasteiger partial charge in [0.05, 0.1) is 16.1 Å². The summed E-state index contributed by atoms with van der Waals surface area (Å²) in [5, 5.41) is 9.69. The van der Waals surface area contributed by atoms with E-state index in [0.717, 1.165) is 20.5 Å². The number of amides is 1. The van der Waals surface area contributed by atoms with E-state index in [0.29, 0.717) is 22.5 Å². The summed E-state index contributed by atoms with van der Waals surface area (Å²) in [4.78, 5) is 14.1. The van der Waals surface area contributed by atoms with E-state index >= 15 is 0 Å². The van der Waals surface area contributed by atoms with E-state index in [4.69, 9.17) is 11.1 Å². The molecule has 0 aliphatic rings. The van der Waals surface area contributed by atoms with E-state index in [9.17, 15) is 13.2 Å². The average Bonchev–Trinajstić information content (AvgIpc) is 3.22. The number of fused-ring (bicyclic) bond motifs is 1. The monoisotopic (exact) mass is 493 g/mol. The third-order valence-electron chi connectivity index (χ3n) is 5.16. The van der Waals surface area contributed by atoms with Gasteiger partial charge in [0.25, 0.3) is 5.91 Å². The first-order chi connectivity index (χ1) is 16.2. The lowest BCUT2D eigenvalue weighted by Gasteiger charge is -2.12. The molecule has 0 unspecified atom stereocenters. The second kappa shape index (κ2) is 9.38. The number of thiophene rings is 1. The van der Waals surface area contributed by atoms with E-state index in [2.05, 4.69) is 10.0 Å². The first-order valence-corrected chi connectivity index (χ1v) is 12.9. The molecule has 0 bridgehead atoms. The highest BCUT2D eigenvalue weighted by atomic mass is 32.2. The first-order valence-electron chi connectivity index (χ1n) is 10.6. The first kappa shape index (κ1) is 23.6. The number of rotatable bonds is 7. The average molecular weight is 494 g/mol. The van der Waals surface area contributed by atoms with Gasteiger partial charge in [0.2, 0.25) is 10.0 Å². The summed E-state index contributed by atoms with van der Waals surface area (Å²) in [5.41, 5.74) is 9.00. The van der Waals surface area contributed by atoms with Crippen molar-refractivity contribution in [3.8, 4) is 10.4 Å². The van der Waals surface area contributed by atoms with Crippen molar-refractivity contribution < 1.29 is 18.6 Å². The Kier molecular flexibility index (Phi) is 6.52. The zero-order valence-electron chi connectivity index (χ0n) is 18.7. The number of hydrogen-bond acceptors (Lipinski definition) is 5. The second-order valence-corrected chi connectivity index (χ2v) is 10.9. The van der Waals surface area contributed by atoms with Gasteiger partial charge in [-0.05, 0) is 67.8 Å². The molecule has 0 fully saturated rings. The number of benzene rings is 3. The Morgan fingerprint density at radius 1 is 1.06 bits per heavy atom. The molecule has 0 saturated carbocycles. The smallest absolute Gasteiger partial charge is 0.255 e. The fourth-order valence-corrected chi connectivity index (χ4v) is 5.91. The van der Waals surface area contributed by atoms with Gasteiger partial charge in [-0.25, -0.2) is 13.1 Å². The molecule has 1 heterocycles. The molecule has 0 saturated heterocycles. The molecular formula is C25H25N4O3S2+. The summed E-state index contributed by atoms with van der Waals surface area (Å²) in [6, 6.07) is 19.2. The van der Waals surface area contributed by atoms with Crippen LogP contribution in [0.25, 0.3) is 20.5 Å². The summed E-state index contributed by atoms with van der Waals surface area (Å²) < 4.78 is 28.3. The molecule has 1 amide bonds. The lowest BCUT2D eigenvalue weighted by atomic mass is 10.0. The highest BCUT2D eigenvalue weighted by molar-refractivity contribution is 7.89. The number of nitrogens with two attached hydrogens (primary N) is 2. The Hall–Kier alpha value is -3.53. The van der Waals surface area contributed by atoms with Crippen LogP contribution in [0.3, 0.4) is 0 Å². The van der Waals surface area contributed by atoms with Gasteiger partial charge in [0.1, 0.15) is 0 Å². The van der Waals surface area contributed by atoms with Crippen LogP contribution in [-0.4, -0.2) is 26.6 Å². The lowest BCUT2D eigenvalue weighted by Crippen LogP contribution is -2.30. The quantitative estimate of drug-likeness (QED) is 0.233. The molecule has 0 spiro atoms. The van der Waals surface area contributed by atoms with E-state index in [1.807, 2.05) is 30.3 Å². The highest BCUT2D eigenvalue weighted by Crippen LogP contribution is 2.38. The largest absolute Gasteiger partial charge is 0.398 e. The maximum atomic E-state index is 13.0. The number of hydrogen-bond donors (Lipinski definition) is 4. The number of carbonyl (C=O) groups excluding carboxylic acids is 1. The van der Waals surface area contributed by atoms with Gasteiger partial charge in [0.15, 0.2) is 6.21 Å². The minimum Gasteiger partial charge on any atom is -0.398 e. The molecule has 0 aliphatic heterocycles. The van der Waals surface area contributed by atoms with Gasteiger partial charge in [-0.2, -0.15) is 0 Å². The summed E-state index contributed by atoms with van der Waals surface area (Å²) in [6.07, 6.45) is 1.38. The van der Waals surface area contributed by atoms with Crippen LogP contribution in [-0.2, 0) is 10.0 Å². The minimum absolute atomic E-state index is 0.124. The van der Waals surface area contributed by atoms with Crippen LogP contribution in [0.5, 0.6) is 0 Å². The molecule has 0 atom stereocenters. The molecule has 0 aliphatic carbocycles. The van der Waals surface area contributed by atoms with Gasteiger partial charge in [-0.15, -0.1) is 11.3 Å². The van der Waals surface area contributed by atoms with Crippen LogP contribution < -0.4 is 21.2 Å². The zero-order chi connectivity index (χ0) is 24.5. The molecule has 174 valence electrons. The van der Waals surface area contributed by atoms with Crippen molar-refractivity contribution >= 4 is 54.9 Å². The highest BCUT2D eigenvalue weighted by Gasteiger charge is 2.18. The number of nitrogen functional groups attached to an aromatic ring is 1. The Balaban J connectivity index is 1.63. The van der Waals surface area contributed by atoms with Crippen LogP contribution in [0.1, 0.15) is 29.8 Å². The Morgan fingerprint density at radius 3 is 2.41 bits per heavy atom. The molecule has 9 heteroatoms. The summed E-state index contributed by atoms with van der Waals surface area (Å²) in [5.74, 6) is -0.360. The topological polar surface area (TPSA) is 127 Å². The predicted molar refractivity (Wildman–Crippen MR) is 139 cm³/mol. The lowest BCUT2D eigenvalue weighted by molar-refractivity contribution is -0.104. The van der Waals surface area contributed by atoms with Gasteiger partial charge >= 0.3 is 0 Å². The number of anilines is 2. The molecule has 0 radical (unpaired) electrons. The third kappa shape index (κ3) is 4.86. The van der Waals surface area contributed by atoms with Crippen molar-refractivity contribution in [2.75, 3.05) is 11.1 Å². The Morgan fingerprint density at radius 2 is 1.76 bits per heavy atom. The number of nitrogens with one attached hydrogen (secondary N) is 2. The molecule has 6 N–H and O–H groups in total. The van der Waals surface area contributed by atoms with Crippen LogP contribution >= 0.6 is 11.3 Å². The minimum atomic E-state index is -3.61. The fraction of sp³-hybridized carbons (Fsp3) is 0.120. The van der Waals surface area contributed by atoms with Crippen LogP contribution in [0.4, 0.5) is 11.4 Å². The Bertz CT molecular complexity index is 1460. The standard InChI is InChI=1S/C25H24N4O3S2/c1-15(2)29-34(31,32)20-9-7-19(8-10-20)28-25(30)17-11-18(14-26)24(27)21(12-17)23-13-16-5-3-4-6-22(16)33-23/h3-15,26,29H,27H2,1-2H3,(H,28,30)/p+1. The van der Waals surface area contributed by atoms with Crippen molar-refractivity contribution in [1.29, 1.82) is 0 Å². The van der Waals surface area contributed by atoms with Crippen molar-refractivity contribution in [2.24, 2.45) is 0 Å². The molecule has 7 nitrogen and oxygen atoms in total. The summed E-state index contributed by atoms with van der Waals surface area (Å²) in [6.45, 7) is 3.50. The van der Waals surface area contributed by atoms with Crippen molar-refractivity contribution in [1.82, 2.24) is 4.72 Å². The van der Waals surface area contributed by atoms with Crippen LogP contribution in [0, 0.1) is 0 Å². The zero-order valence-corrected chi connectivity index (χ0v) is 20.3. The van der Waals surface area contributed by atoms with E-state index in [1.54, 1.807) is 49.4 Å². The van der Waals surface area contributed by atoms with E-state index in [1.165, 1.54) is 18.3 Å². The number of carbonyl (C=O) groups is 1. The maximum absolute atomic E-state index is 13.0.